The van der Waals surface area contributed by atoms with Crippen LogP contribution in [-0.2, 0) is 16.1 Å². The van der Waals surface area contributed by atoms with Gasteiger partial charge in [0.05, 0.1) is 17.5 Å². The molecule has 1 aliphatic carbocycles. The van der Waals surface area contributed by atoms with Crippen LogP contribution in [0.25, 0.3) is 0 Å². The van der Waals surface area contributed by atoms with Crippen LogP contribution in [0, 0.1) is 17.7 Å². The zero-order chi connectivity index (χ0) is 25.1. The zero-order valence-corrected chi connectivity index (χ0v) is 19.2. The van der Waals surface area contributed by atoms with E-state index in [2.05, 4.69) is 15.7 Å². The lowest BCUT2D eigenvalue weighted by Gasteiger charge is -2.38. The van der Waals surface area contributed by atoms with Crippen LogP contribution < -0.4 is 20.5 Å². The van der Waals surface area contributed by atoms with Gasteiger partial charge in [0, 0.05) is 29.9 Å². The second kappa shape index (κ2) is 9.99. The van der Waals surface area contributed by atoms with E-state index in [9.17, 15) is 18.8 Å². The molecule has 0 bridgehead atoms. The number of rotatable bonds is 6. The number of hydrogen-bond donors (Lipinski definition) is 2. The molecular formula is C27H23FN4O4. The van der Waals surface area contributed by atoms with Crippen molar-refractivity contribution in [1.29, 1.82) is 0 Å². The molecular weight excluding hydrogens is 463 g/mol. The summed E-state index contributed by atoms with van der Waals surface area (Å²) < 4.78 is 19.2. The number of amides is 3. The highest BCUT2D eigenvalue weighted by atomic mass is 19.1. The molecule has 2 aliphatic rings. The van der Waals surface area contributed by atoms with E-state index in [0.717, 1.165) is 0 Å². The van der Waals surface area contributed by atoms with Gasteiger partial charge in [-0.25, -0.2) is 14.4 Å². The molecule has 2 aromatic carbocycles. The number of hydrogen-bond acceptors (Lipinski definition) is 5. The molecule has 0 radical (unpaired) electrons. The maximum absolute atomic E-state index is 13.5. The minimum absolute atomic E-state index is 0.108. The molecule has 8 nitrogen and oxygen atoms in total. The Morgan fingerprint density at radius 3 is 2.69 bits per heavy atom. The third-order valence-corrected chi connectivity index (χ3v) is 6.20. The van der Waals surface area contributed by atoms with Crippen LogP contribution in [0.3, 0.4) is 0 Å². The molecule has 1 saturated heterocycles. The molecule has 9 heteroatoms. The van der Waals surface area contributed by atoms with E-state index in [0.29, 0.717) is 29.7 Å². The van der Waals surface area contributed by atoms with Gasteiger partial charge in [-0.15, -0.1) is 0 Å². The second-order valence-corrected chi connectivity index (χ2v) is 8.57. The molecule has 2 N–H and O–H groups in total. The van der Waals surface area contributed by atoms with Gasteiger partial charge in [-0.3, -0.25) is 19.8 Å². The lowest BCUT2D eigenvalue weighted by atomic mass is 9.80. The molecule has 1 aromatic heterocycles. The zero-order valence-electron chi connectivity index (χ0n) is 19.2. The first kappa shape index (κ1) is 23.2. The van der Waals surface area contributed by atoms with E-state index in [-0.39, 0.29) is 41.8 Å². The molecule has 1 aliphatic heterocycles. The Labute approximate surface area is 206 Å². The predicted octanol–water partition coefficient (Wildman–Crippen LogP) is 3.90. The fourth-order valence-corrected chi connectivity index (χ4v) is 4.34. The molecule has 3 aromatic rings. The Kier molecular flexibility index (Phi) is 6.44. The average molecular weight is 487 g/mol. The van der Waals surface area contributed by atoms with E-state index in [1.165, 1.54) is 23.2 Å². The van der Waals surface area contributed by atoms with E-state index >= 15 is 0 Å². The summed E-state index contributed by atoms with van der Waals surface area (Å²) in [5.74, 6) is -1.47. The summed E-state index contributed by atoms with van der Waals surface area (Å²) in [6.07, 6.45) is 6.44. The van der Waals surface area contributed by atoms with Gasteiger partial charge in [-0.2, -0.15) is 0 Å². The Hall–Kier alpha value is -4.53. The Balaban J connectivity index is 1.29. The highest BCUT2D eigenvalue weighted by Gasteiger charge is 2.42. The molecule has 3 amide bonds. The quantitative estimate of drug-likeness (QED) is 0.515. The number of benzene rings is 2. The van der Waals surface area contributed by atoms with E-state index in [1.807, 2.05) is 12.2 Å². The smallest absolute Gasteiger partial charge is 0.251 e. The van der Waals surface area contributed by atoms with Crippen LogP contribution in [0.15, 0.2) is 79.0 Å². The van der Waals surface area contributed by atoms with Crippen molar-refractivity contribution < 1.29 is 23.5 Å². The number of ether oxygens (including phenoxy) is 1. The first-order chi connectivity index (χ1) is 17.5. The summed E-state index contributed by atoms with van der Waals surface area (Å²) >= 11 is 0. The maximum atomic E-state index is 13.5. The number of hydrazine groups is 1. The SMILES string of the molecule is O=C(NCc1cccnc1Oc1cccc(F)c1)c1cccc(N2NC(=O)C3CC=CCC3C2=O)c1. The minimum atomic E-state index is -0.433. The summed E-state index contributed by atoms with van der Waals surface area (Å²) in [6, 6.07) is 15.6. The number of fused-ring (bicyclic) bond motifs is 1. The number of carbonyl (C=O) groups is 3. The van der Waals surface area contributed by atoms with Gasteiger partial charge in [-0.05, 0) is 49.2 Å². The normalized spacial score (nSPS) is 18.9. The van der Waals surface area contributed by atoms with Crippen molar-refractivity contribution in [1.82, 2.24) is 15.7 Å². The fourth-order valence-electron chi connectivity index (χ4n) is 4.34. The van der Waals surface area contributed by atoms with Gasteiger partial charge in [0.2, 0.25) is 17.7 Å². The minimum Gasteiger partial charge on any atom is -0.439 e. The van der Waals surface area contributed by atoms with Gasteiger partial charge < -0.3 is 10.1 Å². The maximum Gasteiger partial charge on any atom is 0.251 e. The van der Waals surface area contributed by atoms with Gasteiger partial charge in [0.15, 0.2) is 0 Å². The molecule has 2 atom stereocenters. The van der Waals surface area contributed by atoms with Crippen molar-refractivity contribution in [3.63, 3.8) is 0 Å². The van der Waals surface area contributed by atoms with Crippen LogP contribution in [-0.4, -0.2) is 22.7 Å². The number of nitrogens with one attached hydrogen (secondary N) is 2. The Morgan fingerprint density at radius 2 is 1.86 bits per heavy atom. The third kappa shape index (κ3) is 4.81. The molecule has 1 fully saturated rings. The van der Waals surface area contributed by atoms with Crippen molar-refractivity contribution in [3.05, 3.63) is 96.0 Å². The van der Waals surface area contributed by atoms with Crippen molar-refractivity contribution in [2.75, 3.05) is 5.01 Å². The van der Waals surface area contributed by atoms with Crippen molar-refractivity contribution in [2.24, 2.45) is 11.8 Å². The number of nitrogens with zero attached hydrogens (tertiary/aromatic N) is 2. The first-order valence-electron chi connectivity index (χ1n) is 11.5. The summed E-state index contributed by atoms with van der Waals surface area (Å²) in [5, 5.41) is 4.04. The van der Waals surface area contributed by atoms with E-state index in [4.69, 9.17) is 4.74 Å². The topological polar surface area (TPSA) is 101 Å². The summed E-state index contributed by atoms with van der Waals surface area (Å²) in [7, 11) is 0. The van der Waals surface area contributed by atoms with Crippen LogP contribution in [0.4, 0.5) is 10.1 Å². The number of halogens is 1. The van der Waals surface area contributed by atoms with Gasteiger partial charge in [0.25, 0.3) is 5.91 Å². The lowest BCUT2D eigenvalue weighted by molar-refractivity contribution is -0.139. The van der Waals surface area contributed by atoms with Crippen molar-refractivity contribution in [3.8, 4) is 11.6 Å². The molecule has 182 valence electrons. The summed E-state index contributed by atoms with van der Waals surface area (Å²) in [5.41, 5.74) is 3.99. The van der Waals surface area contributed by atoms with Gasteiger partial charge in [-0.1, -0.05) is 30.4 Å². The van der Waals surface area contributed by atoms with E-state index < -0.39 is 11.7 Å². The van der Waals surface area contributed by atoms with Crippen LogP contribution in [0.5, 0.6) is 11.6 Å². The summed E-state index contributed by atoms with van der Waals surface area (Å²) in [4.78, 5) is 42.7. The lowest BCUT2D eigenvalue weighted by Crippen LogP contribution is -2.59. The number of pyridine rings is 1. The fraction of sp³-hybridized carbons (Fsp3) is 0.185. The molecule has 2 unspecified atom stereocenters. The molecule has 5 rings (SSSR count). The number of aromatic nitrogens is 1. The van der Waals surface area contributed by atoms with Crippen molar-refractivity contribution >= 4 is 23.4 Å². The predicted molar refractivity (Wildman–Crippen MR) is 129 cm³/mol. The Bertz CT molecular complexity index is 1360. The largest absolute Gasteiger partial charge is 0.439 e. The molecule has 0 spiro atoms. The second-order valence-electron chi connectivity index (χ2n) is 8.57. The van der Waals surface area contributed by atoms with Gasteiger partial charge in [0.1, 0.15) is 11.6 Å². The number of anilines is 1. The van der Waals surface area contributed by atoms with Crippen LogP contribution in [0.1, 0.15) is 28.8 Å². The van der Waals surface area contributed by atoms with E-state index in [1.54, 1.807) is 48.7 Å². The monoisotopic (exact) mass is 486 g/mol. The third-order valence-electron chi connectivity index (χ3n) is 6.20. The molecule has 36 heavy (non-hydrogen) atoms. The standard InChI is InChI=1S/C27H23FN4O4/c28-19-8-4-10-21(15-19)36-26-18(7-5-13-29-26)16-30-24(33)17-6-3-9-20(14-17)32-27(35)23-12-2-1-11-22(23)25(34)31-32/h1-10,13-15,22-23H,11-12,16H2,(H,30,33)(H,31,34). The number of allylic oxidation sites excluding steroid dienone is 2. The Morgan fingerprint density at radius 1 is 1.06 bits per heavy atom. The summed E-state index contributed by atoms with van der Waals surface area (Å²) in [6.45, 7) is 0.108. The number of carbonyl (C=O) groups excluding carboxylic acids is 3. The van der Waals surface area contributed by atoms with Crippen LogP contribution >= 0.6 is 0 Å². The molecule has 0 saturated carbocycles. The highest BCUT2D eigenvalue weighted by molar-refractivity contribution is 6.05. The van der Waals surface area contributed by atoms with Crippen molar-refractivity contribution in [2.45, 2.75) is 19.4 Å². The van der Waals surface area contributed by atoms with Gasteiger partial charge >= 0.3 is 0 Å². The first-order valence-corrected chi connectivity index (χ1v) is 11.5. The molecule has 2 heterocycles. The highest BCUT2D eigenvalue weighted by Crippen LogP contribution is 2.32. The average Bonchev–Trinajstić information content (AvgIpc) is 2.90. The van der Waals surface area contributed by atoms with Crippen LogP contribution in [0.2, 0.25) is 0 Å².